The summed E-state index contributed by atoms with van der Waals surface area (Å²) in [5.41, 5.74) is 1.34. The molecule has 0 fully saturated rings. The van der Waals surface area contributed by atoms with E-state index in [1.54, 1.807) is 26.0 Å². The van der Waals surface area contributed by atoms with Gasteiger partial charge in [0.25, 0.3) is 10.0 Å². The van der Waals surface area contributed by atoms with E-state index in [0.717, 1.165) is 4.31 Å². The number of nitrogens with zero attached hydrogens (tertiary/aromatic N) is 3. The van der Waals surface area contributed by atoms with Crippen molar-refractivity contribution in [3.63, 3.8) is 0 Å². The number of hydrogen-bond acceptors (Lipinski definition) is 7. The molecule has 1 aromatic heterocycles. The van der Waals surface area contributed by atoms with E-state index >= 15 is 0 Å². The first-order valence-electron chi connectivity index (χ1n) is 10.6. The number of sulfonamides is 1. The number of anilines is 1. The largest absolute Gasteiger partial charge is 0.497 e. The molecule has 0 saturated carbocycles. The Morgan fingerprint density at radius 2 is 1.89 bits per heavy atom. The molecule has 2 aromatic carbocycles. The van der Waals surface area contributed by atoms with Crippen LogP contribution in [0, 0.1) is 13.5 Å². The van der Waals surface area contributed by atoms with E-state index in [4.69, 9.17) is 20.8 Å². The SMILES string of the molecule is [C-]#[N+]c1ccc(N(C(=O)Cc2cccnc2OCC)S(=O)(=O)c2ccc(OC)cc2OC)c(C)c1. The normalized spacial score (nSPS) is 10.8. The number of aryl methyl sites for hydroxylation is 1. The van der Waals surface area contributed by atoms with Gasteiger partial charge in [0.1, 0.15) is 16.4 Å². The number of aromatic nitrogens is 1. The summed E-state index contributed by atoms with van der Waals surface area (Å²) < 4.78 is 44.6. The molecule has 0 bridgehead atoms. The average molecular weight is 496 g/mol. The molecule has 10 heteroatoms. The Balaban J connectivity index is 2.18. The number of carbonyl (C=O) groups excluding carboxylic acids is 1. The second-order valence-electron chi connectivity index (χ2n) is 7.34. The Kier molecular flexibility index (Phi) is 7.94. The summed E-state index contributed by atoms with van der Waals surface area (Å²) in [6, 6.07) is 12.0. The van der Waals surface area contributed by atoms with Gasteiger partial charge in [-0.3, -0.25) is 4.79 Å². The minimum atomic E-state index is -4.44. The fraction of sp³-hybridized carbons (Fsp3) is 0.240. The summed E-state index contributed by atoms with van der Waals surface area (Å²) in [7, 11) is -1.66. The van der Waals surface area contributed by atoms with Crippen LogP contribution in [0.25, 0.3) is 4.85 Å². The van der Waals surface area contributed by atoms with Crippen LogP contribution in [0.5, 0.6) is 17.4 Å². The molecule has 0 aliphatic carbocycles. The van der Waals surface area contributed by atoms with E-state index < -0.39 is 15.9 Å². The van der Waals surface area contributed by atoms with Crippen molar-refractivity contribution >= 4 is 27.3 Å². The van der Waals surface area contributed by atoms with Crippen LogP contribution in [0.4, 0.5) is 11.4 Å². The van der Waals surface area contributed by atoms with Crippen LogP contribution in [-0.4, -0.2) is 40.1 Å². The van der Waals surface area contributed by atoms with E-state index in [9.17, 15) is 13.2 Å². The first-order valence-corrected chi connectivity index (χ1v) is 12.1. The molecule has 3 rings (SSSR count). The zero-order chi connectivity index (χ0) is 25.6. The first-order chi connectivity index (χ1) is 16.8. The van der Waals surface area contributed by atoms with Gasteiger partial charge >= 0.3 is 0 Å². The quantitative estimate of drug-likeness (QED) is 0.408. The number of benzene rings is 2. The molecule has 0 spiro atoms. The molecule has 0 atom stereocenters. The maximum atomic E-state index is 13.9. The van der Waals surface area contributed by atoms with Crippen LogP contribution in [0.2, 0.25) is 0 Å². The third-order valence-electron chi connectivity index (χ3n) is 5.12. The number of amides is 1. The Morgan fingerprint density at radius 1 is 1.11 bits per heavy atom. The van der Waals surface area contributed by atoms with Crippen molar-refractivity contribution < 1.29 is 27.4 Å². The van der Waals surface area contributed by atoms with Gasteiger partial charge in [-0.05, 0) is 43.7 Å². The maximum Gasteiger partial charge on any atom is 0.274 e. The van der Waals surface area contributed by atoms with Gasteiger partial charge in [-0.2, -0.15) is 0 Å². The molecule has 3 aromatic rings. The lowest BCUT2D eigenvalue weighted by Gasteiger charge is -2.25. The van der Waals surface area contributed by atoms with Gasteiger partial charge in [-0.1, -0.05) is 18.2 Å². The Bertz CT molecular complexity index is 1380. The van der Waals surface area contributed by atoms with Crippen molar-refractivity contribution in [2.45, 2.75) is 25.2 Å². The molecule has 35 heavy (non-hydrogen) atoms. The second-order valence-corrected chi connectivity index (χ2v) is 9.10. The lowest BCUT2D eigenvalue weighted by Crippen LogP contribution is -2.38. The molecular formula is C25H25N3O6S. The van der Waals surface area contributed by atoms with Gasteiger partial charge in [-0.15, -0.1) is 0 Å². The average Bonchev–Trinajstić information content (AvgIpc) is 2.85. The highest BCUT2D eigenvalue weighted by Gasteiger charge is 2.35. The number of rotatable bonds is 9. The van der Waals surface area contributed by atoms with Crippen LogP contribution in [0.1, 0.15) is 18.1 Å². The van der Waals surface area contributed by atoms with Gasteiger partial charge < -0.3 is 14.2 Å². The van der Waals surface area contributed by atoms with E-state index in [-0.39, 0.29) is 28.6 Å². The van der Waals surface area contributed by atoms with E-state index in [1.807, 2.05) is 0 Å². The number of pyridine rings is 1. The van der Waals surface area contributed by atoms with Crippen molar-refractivity contribution in [1.29, 1.82) is 0 Å². The summed E-state index contributed by atoms with van der Waals surface area (Å²) >= 11 is 0. The summed E-state index contributed by atoms with van der Waals surface area (Å²) in [5, 5.41) is 0. The predicted octanol–water partition coefficient (Wildman–Crippen LogP) is 4.32. The molecule has 0 aliphatic rings. The molecule has 1 amide bonds. The molecule has 9 nitrogen and oxygen atoms in total. The fourth-order valence-corrected chi connectivity index (χ4v) is 5.11. The lowest BCUT2D eigenvalue weighted by molar-refractivity contribution is -0.116. The highest BCUT2D eigenvalue weighted by atomic mass is 32.2. The van der Waals surface area contributed by atoms with Gasteiger partial charge in [0.05, 0.1) is 39.5 Å². The van der Waals surface area contributed by atoms with Crippen molar-refractivity contribution in [2.75, 3.05) is 25.1 Å². The van der Waals surface area contributed by atoms with E-state index in [2.05, 4.69) is 9.83 Å². The molecule has 1 heterocycles. The van der Waals surface area contributed by atoms with Crippen molar-refractivity contribution in [3.05, 3.63) is 77.3 Å². The number of carbonyl (C=O) groups is 1. The van der Waals surface area contributed by atoms with Crippen LogP contribution >= 0.6 is 0 Å². The monoisotopic (exact) mass is 495 g/mol. The van der Waals surface area contributed by atoms with E-state index in [1.165, 1.54) is 56.8 Å². The van der Waals surface area contributed by atoms with Gasteiger partial charge in [-0.25, -0.2) is 22.6 Å². The predicted molar refractivity (Wildman–Crippen MR) is 131 cm³/mol. The van der Waals surface area contributed by atoms with Crippen LogP contribution < -0.4 is 18.5 Å². The molecule has 0 radical (unpaired) electrons. The number of hydrogen-bond donors (Lipinski definition) is 0. The standard InChI is InChI=1S/C25H25N3O6S/c1-6-34-25-18(8-7-13-27-25)15-24(29)28(21-11-9-19(26-3)14-17(21)2)35(30,31)23-12-10-20(32-4)16-22(23)33-5/h7-14,16H,6,15H2,1-2,4-5H3. The van der Waals surface area contributed by atoms with Crippen molar-refractivity contribution in [1.82, 2.24) is 4.98 Å². The molecular weight excluding hydrogens is 470 g/mol. The Labute approximate surface area is 204 Å². The van der Waals surface area contributed by atoms with Crippen LogP contribution in [-0.2, 0) is 21.2 Å². The zero-order valence-electron chi connectivity index (χ0n) is 19.8. The lowest BCUT2D eigenvalue weighted by atomic mass is 10.1. The van der Waals surface area contributed by atoms with E-state index in [0.29, 0.717) is 29.2 Å². The third kappa shape index (κ3) is 5.36. The van der Waals surface area contributed by atoms with Crippen LogP contribution in [0.15, 0.2) is 59.6 Å². The number of ether oxygens (including phenoxy) is 3. The third-order valence-corrected chi connectivity index (χ3v) is 6.89. The smallest absolute Gasteiger partial charge is 0.274 e. The Hall–Kier alpha value is -4.10. The molecule has 0 aliphatic heterocycles. The molecule has 0 N–H and O–H groups in total. The highest BCUT2D eigenvalue weighted by molar-refractivity contribution is 7.93. The first kappa shape index (κ1) is 25.5. The summed E-state index contributed by atoms with van der Waals surface area (Å²) in [4.78, 5) is 21.0. The van der Waals surface area contributed by atoms with Gasteiger partial charge in [0, 0.05) is 17.8 Å². The minimum Gasteiger partial charge on any atom is -0.497 e. The van der Waals surface area contributed by atoms with Gasteiger partial charge in [0.15, 0.2) is 5.69 Å². The minimum absolute atomic E-state index is 0.0222. The van der Waals surface area contributed by atoms with Crippen molar-refractivity contribution in [2.24, 2.45) is 0 Å². The van der Waals surface area contributed by atoms with Gasteiger partial charge in [0.2, 0.25) is 11.8 Å². The maximum absolute atomic E-state index is 13.9. The number of methoxy groups -OCH3 is 2. The summed E-state index contributed by atoms with van der Waals surface area (Å²) in [5.74, 6) is -0.0553. The summed E-state index contributed by atoms with van der Waals surface area (Å²) in [6.45, 7) is 11.0. The second kappa shape index (κ2) is 10.9. The molecule has 0 unspecified atom stereocenters. The summed E-state index contributed by atoms with van der Waals surface area (Å²) in [6.07, 6.45) is 1.24. The fourth-order valence-electron chi connectivity index (χ4n) is 3.48. The highest BCUT2D eigenvalue weighted by Crippen LogP contribution is 2.35. The molecule has 0 saturated heterocycles. The Morgan fingerprint density at radius 3 is 2.51 bits per heavy atom. The topological polar surface area (TPSA) is 99.4 Å². The van der Waals surface area contributed by atoms with Crippen molar-refractivity contribution in [3.8, 4) is 17.4 Å². The zero-order valence-corrected chi connectivity index (χ0v) is 20.6. The van der Waals surface area contributed by atoms with Crippen LogP contribution in [0.3, 0.4) is 0 Å². The molecule has 182 valence electrons.